The van der Waals surface area contributed by atoms with Crippen molar-refractivity contribution < 1.29 is 15.0 Å². The van der Waals surface area contributed by atoms with Crippen LogP contribution in [0.3, 0.4) is 0 Å². The third kappa shape index (κ3) is 2.13. The molecule has 3 saturated carbocycles. The van der Waals surface area contributed by atoms with Gasteiger partial charge < -0.3 is 10.2 Å². The quantitative estimate of drug-likeness (QED) is 0.761. The number of hydrogen-bond acceptors (Lipinski definition) is 3. The second-order valence-corrected chi connectivity index (χ2v) is 9.34. The Balaban J connectivity index is 1.68. The van der Waals surface area contributed by atoms with Crippen LogP contribution in [0.4, 0.5) is 0 Å². The highest BCUT2D eigenvalue weighted by Gasteiger charge is 2.60. The lowest BCUT2D eigenvalue weighted by atomic mass is 9.47. The van der Waals surface area contributed by atoms with E-state index in [1.807, 2.05) is 0 Å². The number of Topliss-reactive ketones (excluding diaryl/α,β-unsaturated/α-hetero) is 1. The van der Waals surface area contributed by atoms with Gasteiger partial charge in [0.25, 0.3) is 0 Å². The van der Waals surface area contributed by atoms with E-state index in [1.165, 1.54) is 12.0 Å². The molecule has 3 nitrogen and oxygen atoms in total. The molecule has 3 fully saturated rings. The highest BCUT2D eigenvalue weighted by Crippen LogP contribution is 2.66. The maximum absolute atomic E-state index is 12.2. The molecule has 24 heavy (non-hydrogen) atoms. The summed E-state index contributed by atoms with van der Waals surface area (Å²) < 4.78 is 0. The first-order valence-corrected chi connectivity index (χ1v) is 9.91. The molecule has 0 amide bonds. The second kappa shape index (κ2) is 5.67. The van der Waals surface area contributed by atoms with Crippen LogP contribution in [0.15, 0.2) is 11.6 Å². The predicted octanol–water partition coefficient (Wildman–Crippen LogP) is 3.49. The number of carbonyl (C=O) groups excluding carboxylic acids is 1. The van der Waals surface area contributed by atoms with Crippen LogP contribution < -0.4 is 0 Å². The van der Waals surface area contributed by atoms with E-state index in [4.69, 9.17) is 0 Å². The molecular formula is C21H32O3. The van der Waals surface area contributed by atoms with E-state index in [0.29, 0.717) is 23.5 Å². The summed E-state index contributed by atoms with van der Waals surface area (Å²) in [6, 6.07) is 0. The lowest BCUT2D eigenvalue weighted by molar-refractivity contribution is -0.128. The van der Waals surface area contributed by atoms with Crippen LogP contribution in [-0.2, 0) is 4.79 Å². The first-order valence-electron chi connectivity index (χ1n) is 9.91. The Hall–Kier alpha value is -0.670. The van der Waals surface area contributed by atoms with Gasteiger partial charge in [0.2, 0.25) is 0 Å². The molecular weight excluding hydrogens is 300 g/mol. The van der Waals surface area contributed by atoms with Crippen molar-refractivity contribution in [3.05, 3.63) is 11.6 Å². The van der Waals surface area contributed by atoms with Gasteiger partial charge in [-0.25, -0.2) is 0 Å². The Kier molecular flexibility index (Phi) is 3.96. The van der Waals surface area contributed by atoms with Crippen LogP contribution in [-0.4, -0.2) is 28.7 Å². The summed E-state index contributed by atoms with van der Waals surface area (Å²) >= 11 is 0. The van der Waals surface area contributed by atoms with Crippen molar-refractivity contribution in [2.75, 3.05) is 6.61 Å². The van der Waals surface area contributed by atoms with Crippen LogP contribution in [0.1, 0.15) is 65.2 Å². The average Bonchev–Trinajstić information content (AvgIpc) is 2.91. The molecule has 4 aliphatic carbocycles. The Morgan fingerprint density at radius 2 is 2.00 bits per heavy atom. The monoisotopic (exact) mass is 332 g/mol. The number of rotatable bonds is 2. The summed E-state index contributed by atoms with van der Waals surface area (Å²) in [7, 11) is 0. The molecule has 0 radical (unpaired) electrons. The lowest BCUT2D eigenvalue weighted by Crippen LogP contribution is -2.53. The molecule has 0 spiro atoms. The van der Waals surface area contributed by atoms with Crippen molar-refractivity contribution in [3.63, 3.8) is 0 Å². The SMILES string of the molecule is CC(=O)[C@H]1CCC2C3CC=C4C[C@@H](O)CC[C@@]4(CO)C3CC[C@@]21C. The van der Waals surface area contributed by atoms with E-state index in [-0.39, 0.29) is 29.5 Å². The fraction of sp³-hybridized carbons (Fsp3) is 0.857. The van der Waals surface area contributed by atoms with Crippen LogP contribution in [0.25, 0.3) is 0 Å². The van der Waals surface area contributed by atoms with Crippen LogP contribution >= 0.6 is 0 Å². The summed E-state index contributed by atoms with van der Waals surface area (Å²) in [4.78, 5) is 12.2. The smallest absolute Gasteiger partial charge is 0.133 e. The average molecular weight is 332 g/mol. The van der Waals surface area contributed by atoms with Gasteiger partial charge in [0, 0.05) is 11.3 Å². The van der Waals surface area contributed by atoms with Crippen LogP contribution in [0, 0.1) is 34.5 Å². The maximum atomic E-state index is 12.2. The summed E-state index contributed by atoms with van der Waals surface area (Å²) in [5, 5.41) is 20.5. The standard InChI is InChI=1S/C21H32O3/c1-13(23)17-5-6-18-16-4-3-14-11-15(24)7-10-21(14,12-22)19(16)8-9-20(17,18)2/h3,15-19,22,24H,4-12H2,1-2H3/t15-,16?,17+,18?,19?,20+,21-/m0/s1. The third-order valence-corrected chi connectivity index (χ3v) is 8.57. The molecule has 0 aliphatic heterocycles. The van der Waals surface area contributed by atoms with Crippen LogP contribution in [0.2, 0.25) is 0 Å². The molecule has 0 heterocycles. The molecule has 3 heteroatoms. The van der Waals surface area contributed by atoms with Crippen molar-refractivity contribution in [1.29, 1.82) is 0 Å². The zero-order valence-corrected chi connectivity index (χ0v) is 15.1. The normalized spacial score (nSPS) is 50.5. The van der Waals surface area contributed by atoms with Crippen LogP contribution in [0.5, 0.6) is 0 Å². The number of carbonyl (C=O) groups is 1. The molecule has 0 bridgehead atoms. The minimum Gasteiger partial charge on any atom is -0.395 e. The van der Waals surface area contributed by atoms with Gasteiger partial charge in [0.1, 0.15) is 5.78 Å². The number of aliphatic hydroxyl groups excluding tert-OH is 2. The van der Waals surface area contributed by atoms with E-state index in [1.54, 1.807) is 6.92 Å². The Bertz CT molecular complexity index is 567. The maximum Gasteiger partial charge on any atom is 0.133 e. The molecule has 3 unspecified atom stereocenters. The fourth-order valence-corrected chi connectivity index (χ4v) is 7.40. The fourth-order valence-electron chi connectivity index (χ4n) is 7.40. The molecule has 4 rings (SSSR count). The number of hydrogen-bond donors (Lipinski definition) is 2. The minimum atomic E-state index is -0.227. The van der Waals surface area contributed by atoms with Gasteiger partial charge in [0.15, 0.2) is 0 Å². The van der Waals surface area contributed by atoms with E-state index in [0.717, 1.165) is 44.9 Å². The number of aliphatic hydroxyl groups is 2. The third-order valence-electron chi connectivity index (χ3n) is 8.57. The van der Waals surface area contributed by atoms with Gasteiger partial charge in [-0.1, -0.05) is 18.6 Å². The number of ketones is 1. The number of allylic oxidation sites excluding steroid dienone is 1. The zero-order valence-electron chi connectivity index (χ0n) is 15.1. The Labute approximate surface area is 145 Å². The molecule has 4 aliphatic rings. The molecule has 2 N–H and O–H groups in total. The predicted molar refractivity (Wildman–Crippen MR) is 93.3 cm³/mol. The van der Waals surface area contributed by atoms with E-state index >= 15 is 0 Å². The van der Waals surface area contributed by atoms with Gasteiger partial charge in [-0.2, -0.15) is 0 Å². The van der Waals surface area contributed by atoms with Crippen molar-refractivity contribution in [1.82, 2.24) is 0 Å². The van der Waals surface area contributed by atoms with E-state index in [9.17, 15) is 15.0 Å². The van der Waals surface area contributed by atoms with E-state index in [2.05, 4.69) is 13.0 Å². The first kappa shape index (κ1) is 16.8. The molecule has 0 aromatic heterocycles. The van der Waals surface area contributed by atoms with Gasteiger partial charge in [-0.15, -0.1) is 0 Å². The van der Waals surface area contributed by atoms with Gasteiger partial charge in [-0.05, 0) is 81.5 Å². The minimum absolute atomic E-state index is 0.0855. The lowest BCUT2D eigenvalue weighted by Gasteiger charge is -2.58. The topological polar surface area (TPSA) is 57.5 Å². The summed E-state index contributed by atoms with van der Waals surface area (Å²) in [6.07, 6.45) is 10.2. The summed E-state index contributed by atoms with van der Waals surface area (Å²) in [5.41, 5.74) is 1.41. The zero-order chi connectivity index (χ0) is 17.1. The Morgan fingerprint density at radius 3 is 2.71 bits per heavy atom. The van der Waals surface area contributed by atoms with Crippen molar-refractivity contribution >= 4 is 5.78 Å². The second-order valence-electron chi connectivity index (χ2n) is 9.34. The van der Waals surface area contributed by atoms with Gasteiger partial charge in [-0.3, -0.25) is 4.79 Å². The summed E-state index contributed by atoms with van der Waals surface area (Å²) in [6.45, 7) is 4.37. The molecule has 0 saturated heterocycles. The van der Waals surface area contributed by atoms with Crippen molar-refractivity contribution in [2.45, 2.75) is 71.3 Å². The van der Waals surface area contributed by atoms with Gasteiger partial charge in [0.05, 0.1) is 12.7 Å². The highest BCUT2D eigenvalue weighted by atomic mass is 16.3. The summed E-state index contributed by atoms with van der Waals surface area (Å²) in [5.74, 6) is 2.39. The highest BCUT2D eigenvalue weighted by molar-refractivity contribution is 5.79. The largest absolute Gasteiger partial charge is 0.395 e. The number of fused-ring (bicyclic) bond motifs is 5. The van der Waals surface area contributed by atoms with E-state index < -0.39 is 0 Å². The molecule has 7 atom stereocenters. The molecule has 134 valence electrons. The molecule has 0 aromatic carbocycles. The van der Waals surface area contributed by atoms with Crippen molar-refractivity contribution in [2.24, 2.45) is 34.5 Å². The van der Waals surface area contributed by atoms with Gasteiger partial charge >= 0.3 is 0 Å². The van der Waals surface area contributed by atoms with Crippen molar-refractivity contribution in [3.8, 4) is 0 Å². The first-order chi connectivity index (χ1) is 11.4. The Morgan fingerprint density at radius 1 is 1.21 bits per heavy atom. The molecule has 0 aromatic rings.